The molecule has 0 spiro atoms. The fourth-order valence-corrected chi connectivity index (χ4v) is 1.45. The molecule has 0 aliphatic rings. The molecule has 0 aromatic heterocycles. The number of aliphatic carboxylic acids is 1. The van der Waals surface area contributed by atoms with Gasteiger partial charge in [-0.05, 0) is 12.3 Å². The molecular formula is C13H25N3O4. The summed E-state index contributed by atoms with van der Waals surface area (Å²) in [5, 5.41) is 16.4. The van der Waals surface area contributed by atoms with E-state index in [9.17, 15) is 14.4 Å². The van der Waals surface area contributed by atoms with Gasteiger partial charge in [0, 0.05) is 19.5 Å². The molecule has 0 fully saturated rings. The van der Waals surface area contributed by atoms with E-state index in [-0.39, 0.29) is 18.9 Å². The number of carboxylic acids is 1. The van der Waals surface area contributed by atoms with Crippen molar-refractivity contribution in [3.05, 3.63) is 0 Å². The molecule has 0 aromatic rings. The number of urea groups is 1. The number of carbonyl (C=O) groups excluding carboxylic acids is 2. The minimum absolute atomic E-state index is 0.137. The fourth-order valence-electron chi connectivity index (χ4n) is 1.45. The minimum Gasteiger partial charge on any atom is -0.480 e. The summed E-state index contributed by atoms with van der Waals surface area (Å²) in [4.78, 5) is 33.7. The zero-order chi connectivity index (χ0) is 15.5. The lowest BCUT2D eigenvalue weighted by Gasteiger charge is -2.14. The van der Waals surface area contributed by atoms with Crippen molar-refractivity contribution >= 4 is 17.9 Å². The van der Waals surface area contributed by atoms with Gasteiger partial charge >= 0.3 is 12.0 Å². The normalized spacial score (nSPS) is 11.8. The van der Waals surface area contributed by atoms with E-state index in [0.717, 1.165) is 0 Å². The average molecular weight is 287 g/mol. The Morgan fingerprint density at radius 3 is 2.30 bits per heavy atom. The van der Waals surface area contributed by atoms with Gasteiger partial charge in [0.25, 0.3) is 0 Å². The summed E-state index contributed by atoms with van der Waals surface area (Å²) in [7, 11) is 0. The molecule has 1 atom stereocenters. The van der Waals surface area contributed by atoms with Crippen molar-refractivity contribution in [2.75, 3.05) is 13.1 Å². The fraction of sp³-hybridized carbons (Fsp3) is 0.769. The Balaban J connectivity index is 3.87. The highest BCUT2D eigenvalue weighted by Crippen LogP contribution is 1.96. The molecule has 0 unspecified atom stereocenters. The van der Waals surface area contributed by atoms with E-state index in [1.807, 2.05) is 20.8 Å². The SMILES string of the molecule is CCC[C@H](NC(=O)NCCC(=O)NCC(C)C)C(=O)O. The van der Waals surface area contributed by atoms with Gasteiger partial charge in [0.1, 0.15) is 6.04 Å². The largest absolute Gasteiger partial charge is 0.480 e. The predicted octanol–water partition coefficient (Wildman–Crippen LogP) is 0.701. The van der Waals surface area contributed by atoms with Crippen LogP contribution in [0.15, 0.2) is 0 Å². The lowest BCUT2D eigenvalue weighted by Crippen LogP contribution is -2.46. The maximum atomic E-state index is 11.5. The van der Waals surface area contributed by atoms with Crippen molar-refractivity contribution < 1.29 is 19.5 Å². The van der Waals surface area contributed by atoms with Crippen LogP contribution in [-0.4, -0.2) is 42.1 Å². The summed E-state index contributed by atoms with van der Waals surface area (Å²) < 4.78 is 0. The Hall–Kier alpha value is -1.79. The van der Waals surface area contributed by atoms with Crippen molar-refractivity contribution in [3.63, 3.8) is 0 Å². The predicted molar refractivity (Wildman–Crippen MR) is 75.3 cm³/mol. The van der Waals surface area contributed by atoms with Crippen LogP contribution in [0.3, 0.4) is 0 Å². The van der Waals surface area contributed by atoms with Gasteiger partial charge in [0.15, 0.2) is 0 Å². The first-order valence-electron chi connectivity index (χ1n) is 6.90. The number of carbonyl (C=O) groups is 3. The highest BCUT2D eigenvalue weighted by atomic mass is 16.4. The third kappa shape index (κ3) is 9.18. The lowest BCUT2D eigenvalue weighted by atomic mass is 10.2. The molecule has 0 radical (unpaired) electrons. The summed E-state index contributed by atoms with van der Waals surface area (Å²) in [5.74, 6) is -0.820. The van der Waals surface area contributed by atoms with Crippen LogP contribution in [0.4, 0.5) is 4.79 Å². The molecule has 0 saturated carbocycles. The van der Waals surface area contributed by atoms with Gasteiger partial charge in [-0.25, -0.2) is 9.59 Å². The number of hydrogen-bond acceptors (Lipinski definition) is 3. The molecule has 0 aliphatic carbocycles. The zero-order valence-corrected chi connectivity index (χ0v) is 12.4. The number of carboxylic acid groups (broad SMARTS) is 1. The van der Waals surface area contributed by atoms with E-state index in [2.05, 4.69) is 16.0 Å². The van der Waals surface area contributed by atoms with Crippen LogP contribution >= 0.6 is 0 Å². The standard InChI is InChI=1S/C13H25N3O4/c1-4-5-10(12(18)19)16-13(20)14-7-6-11(17)15-8-9(2)3/h9-10H,4-8H2,1-3H3,(H,15,17)(H,18,19)(H2,14,16,20)/t10-/m0/s1. The molecule has 3 amide bonds. The molecule has 0 rings (SSSR count). The highest BCUT2D eigenvalue weighted by molar-refractivity contribution is 5.83. The Kier molecular flexibility index (Phi) is 9.15. The molecule has 0 aromatic carbocycles. The van der Waals surface area contributed by atoms with Crippen LogP contribution in [0.25, 0.3) is 0 Å². The van der Waals surface area contributed by atoms with E-state index in [0.29, 0.717) is 25.3 Å². The minimum atomic E-state index is -1.06. The van der Waals surface area contributed by atoms with Crippen LogP contribution in [0.1, 0.15) is 40.0 Å². The van der Waals surface area contributed by atoms with Gasteiger partial charge in [-0.1, -0.05) is 27.2 Å². The molecule has 4 N–H and O–H groups in total. The summed E-state index contributed by atoms with van der Waals surface area (Å²) in [6, 6.07) is -1.46. The molecule has 7 heteroatoms. The Morgan fingerprint density at radius 2 is 1.80 bits per heavy atom. The smallest absolute Gasteiger partial charge is 0.326 e. The molecular weight excluding hydrogens is 262 g/mol. The average Bonchev–Trinajstić information content (AvgIpc) is 2.35. The molecule has 0 bridgehead atoms. The van der Waals surface area contributed by atoms with Gasteiger partial charge in [-0.2, -0.15) is 0 Å². The molecule has 116 valence electrons. The van der Waals surface area contributed by atoms with Crippen LogP contribution in [0.5, 0.6) is 0 Å². The third-order valence-corrected chi connectivity index (χ3v) is 2.53. The van der Waals surface area contributed by atoms with Crippen molar-refractivity contribution in [1.29, 1.82) is 0 Å². The maximum absolute atomic E-state index is 11.5. The van der Waals surface area contributed by atoms with Gasteiger partial charge < -0.3 is 21.1 Å². The van der Waals surface area contributed by atoms with Gasteiger partial charge in [-0.15, -0.1) is 0 Å². The Bertz CT molecular complexity index is 332. The second-order valence-electron chi connectivity index (χ2n) is 5.03. The summed E-state index contributed by atoms with van der Waals surface area (Å²) in [6.07, 6.45) is 1.21. The summed E-state index contributed by atoms with van der Waals surface area (Å²) in [6.45, 7) is 6.60. The summed E-state index contributed by atoms with van der Waals surface area (Å²) in [5.41, 5.74) is 0. The van der Waals surface area contributed by atoms with Crippen LogP contribution in [-0.2, 0) is 9.59 Å². The second-order valence-corrected chi connectivity index (χ2v) is 5.03. The van der Waals surface area contributed by atoms with E-state index >= 15 is 0 Å². The van der Waals surface area contributed by atoms with Crippen molar-refractivity contribution in [1.82, 2.24) is 16.0 Å². The summed E-state index contributed by atoms with van der Waals surface area (Å²) >= 11 is 0. The van der Waals surface area contributed by atoms with Crippen LogP contribution in [0, 0.1) is 5.92 Å². The van der Waals surface area contributed by atoms with Crippen molar-refractivity contribution in [2.45, 2.75) is 46.1 Å². The van der Waals surface area contributed by atoms with Crippen LogP contribution < -0.4 is 16.0 Å². The lowest BCUT2D eigenvalue weighted by molar-refractivity contribution is -0.139. The maximum Gasteiger partial charge on any atom is 0.326 e. The van der Waals surface area contributed by atoms with E-state index < -0.39 is 18.0 Å². The first-order valence-corrected chi connectivity index (χ1v) is 6.90. The quantitative estimate of drug-likeness (QED) is 0.500. The monoisotopic (exact) mass is 287 g/mol. The number of amides is 3. The Labute approximate surface area is 119 Å². The first-order chi connectivity index (χ1) is 9.36. The number of hydrogen-bond donors (Lipinski definition) is 4. The number of rotatable bonds is 9. The van der Waals surface area contributed by atoms with Crippen molar-refractivity contribution in [2.24, 2.45) is 5.92 Å². The van der Waals surface area contributed by atoms with Crippen molar-refractivity contribution in [3.8, 4) is 0 Å². The Morgan fingerprint density at radius 1 is 1.15 bits per heavy atom. The van der Waals surface area contributed by atoms with Gasteiger partial charge in [0.05, 0.1) is 0 Å². The molecule has 20 heavy (non-hydrogen) atoms. The second kappa shape index (κ2) is 10.1. The van der Waals surface area contributed by atoms with Gasteiger partial charge in [0.2, 0.25) is 5.91 Å². The first kappa shape index (κ1) is 18.2. The molecule has 7 nitrogen and oxygen atoms in total. The highest BCUT2D eigenvalue weighted by Gasteiger charge is 2.18. The van der Waals surface area contributed by atoms with E-state index in [1.165, 1.54) is 0 Å². The third-order valence-electron chi connectivity index (χ3n) is 2.53. The molecule has 0 aliphatic heterocycles. The molecule has 0 heterocycles. The van der Waals surface area contributed by atoms with E-state index in [1.54, 1.807) is 0 Å². The molecule has 0 saturated heterocycles. The number of nitrogens with one attached hydrogen (secondary N) is 3. The zero-order valence-electron chi connectivity index (χ0n) is 12.4. The van der Waals surface area contributed by atoms with Crippen LogP contribution in [0.2, 0.25) is 0 Å². The van der Waals surface area contributed by atoms with Gasteiger partial charge in [-0.3, -0.25) is 4.79 Å². The topological polar surface area (TPSA) is 108 Å². The van der Waals surface area contributed by atoms with E-state index in [4.69, 9.17) is 5.11 Å².